The van der Waals surface area contributed by atoms with Gasteiger partial charge in [-0.25, -0.2) is 0 Å². The molecule has 1 heterocycles. The predicted octanol–water partition coefficient (Wildman–Crippen LogP) is 3.10. The highest BCUT2D eigenvalue weighted by Gasteiger charge is 2.10. The minimum Gasteiger partial charge on any atom is -0.379 e. The van der Waals surface area contributed by atoms with Gasteiger partial charge in [-0.15, -0.1) is 0 Å². The number of ether oxygens (including phenoxy) is 1. The van der Waals surface area contributed by atoms with E-state index < -0.39 is 0 Å². The van der Waals surface area contributed by atoms with E-state index in [0.29, 0.717) is 0 Å². The van der Waals surface area contributed by atoms with Gasteiger partial charge in [-0.2, -0.15) is 0 Å². The zero-order valence-corrected chi connectivity index (χ0v) is 12.2. The second kappa shape index (κ2) is 6.83. The van der Waals surface area contributed by atoms with Gasteiger partial charge < -0.3 is 4.74 Å². The van der Waals surface area contributed by atoms with Gasteiger partial charge >= 0.3 is 0 Å². The van der Waals surface area contributed by atoms with E-state index in [1.807, 2.05) is 8.93 Å². The predicted molar refractivity (Wildman–Crippen MR) is 77.9 cm³/mol. The summed E-state index contributed by atoms with van der Waals surface area (Å²) in [6, 6.07) is 8.97. The summed E-state index contributed by atoms with van der Waals surface area (Å²) < 4.78 is 5.34. The van der Waals surface area contributed by atoms with Gasteiger partial charge in [-0.1, -0.05) is 33.2 Å². The Kier molecular flexibility index (Phi) is 5.41. The Morgan fingerprint density at radius 1 is 1.12 bits per heavy atom. The SMILES string of the molecule is ISCc1ccc(CN2CCOCC2)cc1. The molecule has 1 fully saturated rings. The molecule has 1 aromatic carbocycles. The summed E-state index contributed by atoms with van der Waals surface area (Å²) in [5.41, 5.74) is 2.81. The van der Waals surface area contributed by atoms with Crippen molar-refractivity contribution in [3.63, 3.8) is 0 Å². The van der Waals surface area contributed by atoms with Crippen LogP contribution in [0.5, 0.6) is 0 Å². The van der Waals surface area contributed by atoms with E-state index in [1.165, 1.54) is 11.1 Å². The molecule has 1 aromatic rings. The first-order valence-corrected chi connectivity index (χ1v) is 9.03. The lowest BCUT2D eigenvalue weighted by molar-refractivity contribution is 0.0342. The summed E-state index contributed by atoms with van der Waals surface area (Å²) in [4.78, 5) is 2.45. The summed E-state index contributed by atoms with van der Waals surface area (Å²) in [6.07, 6.45) is 0. The molecular weight excluding hydrogens is 333 g/mol. The molecule has 0 atom stereocenters. The fourth-order valence-corrected chi connectivity index (χ4v) is 3.22. The maximum absolute atomic E-state index is 5.34. The van der Waals surface area contributed by atoms with Gasteiger partial charge in [-0.05, 0) is 32.3 Å². The molecule has 0 aliphatic carbocycles. The van der Waals surface area contributed by atoms with Gasteiger partial charge in [0, 0.05) is 25.4 Å². The normalized spacial score (nSPS) is 17.6. The molecule has 0 spiro atoms. The standard InChI is InChI=1S/C12H16INOS/c13-16-10-12-3-1-11(2-4-12)9-14-5-7-15-8-6-14/h1-4H,5-10H2. The third-order valence-corrected chi connectivity index (χ3v) is 4.13. The Balaban J connectivity index is 1.88. The zero-order chi connectivity index (χ0) is 11.2. The fourth-order valence-electron chi connectivity index (χ4n) is 1.82. The third kappa shape index (κ3) is 3.91. The Morgan fingerprint density at radius 3 is 2.38 bits per heavy atom. The lowest BCUT2D eigenvalue weighted by atomic mass is 10.1. The van der Waals surface area contributed by atoms with Crippen molar-refractivity contribution >= 4 is 30.1 Å². The number of morpholine rings is 1. The fraction of sp³-hybridized carbons (Fsp3) is 0.500. The van der Waals surface area contributed by atoms with Crippen LogP contribution in [0.4, 0.5) is 0 Å². The van der Waals surface area contributed by atoms with E-state index >= 15 is 0 Å². The maximum Gasteiger partial charge on any atom is 0.0594 e. The number of nitrogens with zero attached hydrogens (tertiary/aromatic N) is 1. The summed E-state index contributed by atoms with van der Waals surface area (Å²) in [6.45, 7) is 4.94. The highest BCUT2D eigenvalue weighted by atomic mass is 127. The van der Waals surface area contributed by atoms with Crippen molar-refractivity contribution in [1.82, 2.24) is 4.90 Å². The number of hydrogen-bond acceptors (Lipinski definition) is 3. The molecule has 2 nitrogen and oxygen atoms in total. The average molecular weight is 349 g/mol. The summed E-state index contributed by atoms with van der Waals surface area (Å²) in [5.74, 6) is 1.10. The van der Waals surface area contributed by atoms with Gasteiger partial charge in [0.15, 0.2) is 0 Å². The summed E-state index contributed by atoms with van der Waals surface area (Å²) in [5, 5.41) is 0. The second-order valence-electron chi connectivity index (χ2n) is 3.96. The van der Waals surface area contributed by atoms with Crippen molar-refractivity contribution in [2.75, 3.05) is 26.3 Å². The van der Waals surface area contributed by atoms with Crippen LogP contribution in [-0.4, -0.2) is 31.2 Å². The smallest absolute Gasteiger partial charge is 0.0594 e. The van der Waals surface area contributed by atoms with Crippen molar-refractivity contribution in [2.45, 2.75) is 12.3 Å². The van der Waals surface area contributed by atoms with Crippen LogP contribution >= 0.6 is 30.1 Å². The largest absolute Gasteiger partial charge is 0.379 e. The topological polar surface area (TPSA) is 12.5 Å². The molecule has 1 aliphatic heterocycles. The molecule has 0 unspecified atom stereocenters. The van der Waals surface area contributed by atoms with Gasteiger partial charge in [0.2, 0.25) is 0 Å². The Labute approximate surface area is 113 Å². The highest BCUT2D eigenvalue weighted by molar-refractivity contribution is 14.2. The minimum atomic E-state index is 0.879. The van der Waals surface area contributed by atoms with Crippen molar-refractivity contribution < 1.29 is 4.74 Å². The van der Waals surface area contributed by atoms with Crippen molar-refractivity contribution in [3.05, 3.63) is 35.4 Å². The molecule has 0 N–H and O–H groups in total. The molecule has 0 radical (unpaired) electrons. The molecule has 88 valence electrons. The summed E-state index contributed by atoms with van der Waals surface area (Å²) >= 11 is 2.34. The molecule has 16 heavy (non-hydrogen) atoms. The molecule has 1 saturated heterocycles. The number of hydrogen-bond donors (Lipinski definition) is 0. The van der Waals surface area contributed by atoms with E-state index in [0.717, 1.165) is 38.6 Å². The minimum absolute atomic E-state index is 0.879. The van der Waals surface area contributed by atoms with E-state index in [9.17, 15) is 0 Å². The zero-order valence-electron chi connectivity index (χ0n) is 9.19. The first kappa shape index (κ1) is 12.7. The van der Waals surface area contributed by atoms with Crippen LogP contribution in [0.25, 0.3) is 0 Å². The van der Waals surface area contributed by atoms with E-state index in [4.69, 9.17) is 4.74 Å². The van der Waals surface area contributed by atoms with Crippen molar-refractivity contribution in [3.8, 4) is 0 Å². The van der Waals surface area contributed by atoms with Crippen molar-refractivity contribution in [2.24, 2.45) is 0 Å². The van der Waals surface area contributed by atoms with E-state index in [1.54, 1.807) is 0 Å². The van der Waals surface area contributed by atoms with Crippen LogP contribution in [0.3, 0.4) is 0 Å². The quantitative estimate of drug-likeness (QED) is 0.775. The van der Waals surface area contributed by atoms with Crippen molar-refractivity contribution in [1.29, 1.82) is 0 Å². The van der Waals surface area contributed by atoms with Gasteiger partial charge in [0.05, 0.1) is 13.2 Å². The monoisotopic (exact) mass is 349 g/mol. The lowest BCUT2D eigenvalue weighted by Gasteiger charge is -2.26. The molecule has 2 rings (SSSR count). The number of halogens is 1. The van der Waals surface area contributed by atoms with Gasteiger partial charge in [-0.3, -0.25) is 4.90 Å². The molecular formula is C12H16INOS. The van der Waals surface area contributed by atoms with E-state index in [2.05, 4.69) is 50.4 Å². The van der Waals surface area contributed by atoms with Gasteiger partial charge in [0.1, 0.15) is 0 Å². The third-order valence-electron chi connectivity index (χ3n) is 2.75. The van der Waals surface area contributed by atoms with Crippen LogP contribution < -0.4 is 0 Å². The number of benzene rings is 1. The molecule has 0 amide bonds. The van der Waals surface area contributed by atoms with Crippen LogP contribution in [0, 0.1) is 0 Å². The van der Waals surface area contributed by atoms with Crippen LogP contribution in [0.1, 0.15) is 11.1 Å². The van der Waals surface area contributed by atoms with Crippen LogP contribution in [0.2, 0.25) is 0 Å². The molecule has 4 heteroatoms. The first-order chi connectivity index (χ1) is 7.88. The average Bonchev–Trinajstić information content (AvgIpc) is 2.33. The summed E-state index contributed by atoms with van der Waals surface area (Å²) in [7, 11) is 1.84. The van der Waals surface area contributed by atoms with Gasteiger partial charge in [0.25, 0.3) is 0 Å². The molecule has 0 bridgehead atoms. The highest BCUT2D eigenvalue weighted by Crippen LogP contribution is 2.19. The molecule has 0 saturated carbocycles. The Bertz CT molecular complexity index is 311. The molecule has 0 aromatic heterocycles. The second-order valence-corrected chi connectivity index (χ2v) is 6.33. The Morgan fingerprint density at radius 2 is 1.75 bits per heavy atom. The molecule has 1 aliphatic rings. The van der Waals surface area contributed by atoms with E-state index in [-0.39, 0.29) is 0 Å². The Hall–Kier alpha value is 0.220. The first-order valence-electron chi connectivity index (χ1n) is 5.50. The maximum atomic E-state index is 5.34. The number of rotatable bonds is 4. The van der Waals surface area contributed by atoms with Crippen LogP contribution in [-0.2, 0) is 17.0 Å². The lowest BCUT2D eigenvalue weighted by Crippen LogP contribution is -2.35. The van der Waals surface area contributed by atoms with Crippen LogP contribution in [0.15, 0.2) is 24.3 Å².